The van der Waals surface area contributed by atoms with Crippen LogP contribution in [-0.2, 0) is 0 Å². The van der Waals surface area contributed by atoms with Crippen LogP contribution in [0.2, 0.25) is 5.02 Å². The maximum Gasteiger partial charge on any atom is 0.143 e. The van der Waals surface area contributed by atoms with Crippen LogP contribution in [0.3, 0.4) is 0 Å². The Morgan fingerprint density at radius 1 is 1.50 bits per heavy atom. The summed E-state index contributed by atoms with van der Waals surface area (Å²) in [6.45, 7) is 6.21. The topological polar surface area (TPSA) is 15.3 Å². The number of piperazine rings is 1. The van der Waals surface area contributed by atoms with E-state index in [0.29, 0.717) is 12.1 Å². The second-order valence-corrected chi connectivity index (χ2v) is 5.40. The summed E-state index contributed by atoms with van der Waals surface area (Å²) in [7, 11) is 0. The number of nitrogens with zero attached hydrogens (tertiary/aromatic N) is 1. The lowest BCUT2D eigenvalue weighted by Crippen LogP contribution is -2.55. The fraction of sp³-hybridized carbons (Fsp3) is 0.571. The van der Waals surface area contributed by atoms with Crippen LogP contribution >= 0.6 is 11.6 Å². The Morgan fingerprint density at radius 2 is 2.28 bits per heavy atom. The molecule has 1 aliphatic heterocycles. The molecule has 4 heteroatoms. The van der Waals surface area contributed by atoms with Crippen molar-refractivity contribution in [3.8, 4) is 0 Å². The lowest BCUT2D eigenvalue weighted by molar-refractivity contribution is 0.386. The standard InChI is InChI=1S/C14H20ClFN2/c1-3-4-11-9-18(10(2)8-17-11)12-5-6-13(15)14(16)7-12/h5-7,10-11,17H,3-4,8-9H2,1-2H3. The van der Waals surface area contributed by atoms with E-state index in [1.165, 1.54) is 6.07 Å². The Morgan fingerprint density at radius 3 is 2.94 bits per heavy atom. The molecule has 1 aromatic rings. The number of benzene rings is 1. The molecule has 2 rings (SSSR count). The third-order valence-electron chi connectivity index (χ3n) is 3.52. The van der Waals surface area contributed by atoms with E-state index in [4.69, 9.17) is 11.6 Å². The first-order chi connectivity index (χ1) is 8.61. The van der Waals surface area contributed by atoms with Gasteiger partial charge in [0.05, 0.1) is 5.02 Å². The molecule has 2 unspecified atom stereocenters. The molecular formula is C14H20ClFN2. The summed E-state index contributed by atoms with van der Waals surface area (Å²) in [5, 5.41) is 3.72. The van der Waals surface area contributed by atoms with Crippen molar-refractivity contribution in [1.29, 1.82) is 0 Å². The predicted molar refractivity (Wildman–Crippen MR) is 74.9 cm³/mol. The molecule has 0 aromatic heterocycles. The SMILES string of the molecule is CCCC1CN(c2ccc(Cl)c(F)c2)C(C)CN1. The van der Waals surface area contributed by atoms with Crippen molar-refractivity contribution in [2.75, 3.05) is 18.0 Å². The summed E-state index contributed by atoms with van der Waals surface area (Å²) in [5.41, 5.74) is 0.923. The maximum absolute atomic E-state index is 13.5. The van der Waals surface area contributed by atoms with Crippen molar-refractivity contribution in [3.63, 3.8) is 0 Å². The van der Waals surface area contributed by atoms with Gasteiger partial charge in [-0.25, -0.2) is 4.39 Å². The van der Waals surface area contributed by atoms with E-state index < -0.39 is 0 Å². The highest BCUT2D eigenvalue weighted by Gasteiger charge is 2.24. The van der Waals surface area contributed by atoms with Gasteiger partial charge in [0.1, 0.15) is 5.82 Å². The van der Waals surface area contributed by atoms with Gasteiger partial charge >= 0.3 is 0 Å². The van der Waals surface area contributed by atoms with Gasteiger partial charge in [-0.1, -0.05) is 24.9 Å². The third-order valence-corrected chi connectivity index (χ3v) is 3.83. The number of hydrogen-bond donors (Lipinski definition) is 1. The summed E-state index contributed by atoms with van der Waals surface area (Å²) in [6, 6.07) is 5.93. The Bertz CT molecular complexity index is 411. The van der Waals surface area contributed by atoms with Gasteiger partial charge in [0.25, 0.3) is 0 Å². The van der Waals surface area contributed by atoms with Gasteiger partial charge in [-0.2, -0.15) is 0 Å². The molecule has 100 valence electrons. The molecule has 18 heavy (non-hydrogen) atoms. The summed E-state index contributed by atoms with van der Waals surface area (Å²) < 4.78 is 13.5. The molecule has 0 spiro atoms. The molecule has 1 aromatic carbocycles. The summed E-state index contributed by atoms with van der Waals surface area (Å²) >= 11 is 5.73. The van der Waals surface area contributed by atoms with Crippen molar-refractivity contribution in [2.45, 2.75) is 38.8 Å². The van der Waals surface area contributed by atoms with Crippen molar-refractivity contribution < 1.29 is 4.39 Å². The molecule has 0 bridgehead atoms. The van der Waals surface area contributed by atoms with E-state index in [2.05, 4.69) is 24.1 Å². The average molecular weight is 271 g/mol. The zero-order valence-corrected chi connectivity index (χ0v) is 11.7. The molecule has 0 saturated carbocycles. The minimum atomic E-state index is -0.341. The second kappa shape index (κ2) is 5.89. The van der Waals surface area contributed by atoms with Crippen LogP contribution < -0.4 is 10.2 Å². The van der Waals surface area contributed by atoms with E-state index in [1.54, 1.807) is 6.07 Å². The van der Waals surface area contributed by atoms with E-state index in [1.807, 2.05) is 6.07 Å². The van der Waals surface area contributed by atoms with Crippen LogP contribution in [0.1, 0.15) is 26.7 Å². The van der Waals surface area contributed by atoms with Gasteiger partial charge in [-0.3, -0.25) is 0 Å². The van der Waals surface area contributed by atoms with E-state index in [-0.39, 0.29) is 10.8 Å². The highest BCUT2D eigenvalue weighted by Crippen LogP contribution is 2.25. The maximum atomic E-state index is 13.5. The molecule has 2 nitrogen and oxygen atoms in total. The first-order valence-corrected chi connectivity index (χ1v) is 6.94. The van der Waals surface area contributed by atoms with Crippen molar-refractivity contribution in [2.24, 2.45) is 0 Å². The minimum Gasteiger partial charge on any atom is -0.366 e. The number of halogens is 2. The first kappa shape index (κ1) is 13.6. The Labute approximate surface area is 113 Å². The molecule has 1 N–H and O–H groups in total. The van der Waals surface area contributed by atoms with Gasteiger partial charge < -0.3 is 10.2 Å². The number of hydrogen-bond acceptors (Lipinski definition) is 2. The molecule has 0 aliphatic carbocycles. The van der Waals surface area contributed by atoms with Crippen LogP contribution in [0.25, 0.3) is 0 Å². The molecule has 0 radical (unpaired) electrons. The smallest absolute Gasteiger partial charge is 0.143 e. The van der Waals surface area contributed by atoms with E-state index >= 15 is 0 Å². The Hall–Kier alpha value is -0.800. The van der Waals surface area contributed by atoms with Gasteiger partial charge in [0.2, 0.25) is 0 Å². The van der Waals surface area contributed by atoms with Crippen LogP contribution in [0, 0.1) is 5.82 Å². The van der Waals surface area contributed by atoms with Gasteiger partial charge in [-0.15, -0.1) is 0 Å². The Balaban J connectivity index is 2.16. The van der Waals surface area contributed by atoms with E-state index in [9.17, 15) is 4.39 Å². The first-order valence-electron chi connectivity index (χ1n) is 6.57. The van der Waals surface area contributed by atoms with Gasteiger partial charge in [0, 0.05) is 30.9 Å². The highest BCUT2D eigenvalue weighted by atomic mass is 35.5. The zero-order valence-electron chi connectivity index (χ0n) is 10.9. The molecular weight excluding hydrogens is 251 g/mol. The summed E-state index contributed by atoms with van der Waals surface area (Å²) in [4.78, 5) is 2.26. The largest absolute Gasteiger partial charge is 0.366 e. The molecule has 2 atom stereocenters. The normalized spacial score (nSPS) is 24.3. The van der Waals surface area contributed by atoms with Crippen LogP contribution in [-0.4, -0.2) is 25.2 Å². The fourth-order valence-electron chi connectivity index (χ4n) is 2.49. The fourth-order valence-corrected chi connectivity index (χ4v) is 2.61. The van der Waals surface area contributed by atoms with Gasteiger partial charge in [0.15, 0.2) is 0 Å². The molecule has 1 saturated heterocycles. The van der Waals surface area contributed by atoms with Crippen LogP contribution in [0.5, 0.6) is 0 Å². The quantitative estimate of drug-likeness (QED) is 0.905. The zero-order chi connectivity index (χ0) is 13.1. The molecule has 1 aliphatic rings. The predicted octanol–water partition coefficient (Wildman–Crippen LogP) is 3.45. The minimum absolute atomic E-state index is 0.187. The molecule has 1 fully saturated rings. The lowest BCUT2D eigenvalue weighted by Gasteiger charge is -2.40. The summed E-state index contributed by atoms with van der Waals surface area (Å²) in [5.74, 6) is -0.341. The molecule has 0 amide bonds. The Kier molecular flexibility index (Phi) is 4.46. The van der Waals surface area contributed by atoms with Crippen molar-refractivity contribution >= 4 is 17.3 Å². The number of nitrogens with one attached hydrogen (secondary N) is 1. The number of anilines is 1. The number of rotatable bonds is 3. The van der Waals surface area contributed by atoms with Crippen molar-refractivity contribution in [1.82, 2.24) is 5.32 Å². The molecule has 1 heterocycles. The monoisotopic (exact) mass is 270 g/mol. The lowest BCUT2D eigenvalue weighted by atomic mass is 10.1. The second-order valence-electron chi connectivity index (χ2n) is 4.99. The van der Waals surface area contributed by atoms with Crippen LogP contribution in [0.4, 0.5) is 10.1 Å². The van der Waals surface area contributed by atoms with Gasteiger partial charge in [-0.05, 0) is 31.5 Å². The average Bonchev–Trinajstić information content (AvgIpc) is 2.35. The van der Waals surface area contributed by atoms with E-state index in [0.717, 1.165) is 31.6 Å². The van der Waals surface area contributed by atoms with Crippen LogP contribution in [0.15, 0.2) is 18.2 Å². The van der Waals surface area contributed by atoms with Crippen molar-refractivity contribution in [3.05, 3.63) is 29.0 Å². The third kappa shape index (κ3) is 2.96. The highest BCUT2D eigenvalue weighted by molar-refractivity contribution is 6.30. The summed E-state index contributed by atoms with van der Waals surface area (Å²) in [6.07, 6.45) is 2.31.